The maximum atomic E-state index is 13.5. The SMILES string of the molecule is NNC(=O)C1(c2cc(Cl)ccc2F)CC1. The lowest BCUT2D eigenvalue weighted by atomic mass is 9.95. The first kappa shape index (κ1) is 10.4. The summed E-state index contributed by atoms with van der Waals surface area (Å²) in [7, 11) is 0. The Morgan fingerprint density at radius 2 is 2.20 bits per heavy atom. The Balaban J connectivity index is 2.45. The van der Waals surface area contributed by atoms with Crippen LogP contribution in [0.4, 0.5) is 4.39 Å². The molecule has 0 bridgehead atoms. The molecule has 1 saturated carbocycles. The molecule has 15 heavy (non-hydrogen) atoms. The zero-order valence-electron chi connectivity index (χ0n) is 7.89. The van der Waals surface area contributed by atoms with E-state index in [1.54, 1.807) is 0 Å². The molecule has 0 radical (unpaired) electrons. The number of hydrogen-bond donors (Lipinski definition) is 2. The van der Waals surface area contributed by atoms with Crippen molar-refractivity contribution in [2.24, 2.45) is 5.84 Å². The van der Waals surface area contributed by atoms with Crippen LogP contribution in [0.5, 0.6) is 0 Å². The van der Waals surface area contributed by atoms with Crippen LogP contribution in [0.1, 0.15) is 18.4 Å². The summed E-state index contributed by atoms with van der Waals surface area (Å²) < 4.78 is 13.5. The highest BCUT2D eigenvalue weighted by Gasteiger charge is 2.52. The van der Waals surface area contributed by atoms with Gasteiger partial charge in [-0.25, -0.2) is 10.2 Å². The molecule has 2 rings (SSSR count). The first-order valence-corrected chi connectivity index (χ1v) is 4.94. The standard InChI is InChI=1S/C10H10ClFN2O/c11-6-1-2-8(12)7(5-6)10(3-4-10)9(15)14-13/h1-2,5H,3-4,13H2,(H,14,15). The maximum absolute atomic E-state index is 13.5. The van der Waals surface area contributed by atoms with Crippen LogP contribution in [0.3, 0.4) is 0 Å². The molecule has 1 fully saturated rings. The van der Waals surface area contributed by atoms with Gasteiger partial charge in [0.1, 0.15) is 5.82 Å². The quantitative estimate of drug-likeness (QED) is 0.458. The lowest BCUT2D eigenvalue weighted by Crippen LogP contribution is -2.39. The molecule has 0 saturated heterocycles. The summed E-state index contributed by atoms with van der Waals surface area (Å²) in [4.78, 5) is 11.5. The third-order valence-corrected chi connectivity index (χ3v) is 2.99. The zero-order chi connectivity index (χ0) is 11.1. The topological polar surface area (TPSA) is 55.1 Å². The Morgan fingerprint density at radius 1 is 1.53 bits per heavy atom. The molecule has 0 unspecified atom stereocenters. The van der Waals surface area contributed by atoms with Gasteiger partial charge in [-0.1, -0.05) is 11.6 Å². The molecular weight excluding hydrogens is 219 g/mol. The second kappa shape index (κ2) is 3.47. The van der Waals surface area contributed by atoms with Crippen molar-refractivity contribution in [2.45, 2.75) is 18.3 Å². The molecule has 3 N–H and O–H groups in total. The van der Waals surface area contributed by atoms with E-state index in [0.29, 0.717) is 23.4 Å². The summed E-state index contributed by atoms with van der Waals surface area (Å²) in [6.45, 7) is 0. The fourth-order valence-corrected chi connectivity index (χ4v) is 1.92. The number of hydrazine groups is 1. The fourth-order valence-electron chi connectivity index (χ4n) is 1.75. The van der Waals surface area contributed by atoms with Crippen molar-refractivity contribution in [1.82, 2.24) is 5.43 Å². The highest BCUT2D eigenvalue weighted by Crippen LogP contribution is 2.49. The first-order chi connectivity index (χ1) is 7.10. The Morgan fingerprint density at radius 3 is 2.73 bits per heavy atom. The van der Waals surface area contributed by atoms with Gasteiger partial charge in [-0.15, -0.1) is 0 Å². The minimum atomic E-state index is -0.802. The van der Waals surface area contributed by atoms with Crippen molar-refractivity contribution >= 4 is 17.5 Å². The molecule has 1 aromatic carbocycles. The predicted molar refractivity (Wildman–Crippen MR) is 54.7 cm³/mol. The predicted octanol–water partition coefficient (Wildman–Crippen LogP) is 1.50. The average molecular weight is 229 g/mol. The van der Waals surface area contributed by atoms with Crippen molar-refractivity contribution in [3.63, 3.8) is 0 Å². The van der Waals surface area contributed by atoms with Gasteiger partial charge < -0.3 is 0 Å². The molecule has 0 heterocycles. The van der Waals surface area contributed by atoms with Gasteiger partial charge in [0.15, 0.2) is 0 Å². The highest BCUT2D eigenvalue weighted by molar-refractivity contribution is 6.30. The summed E-state index contributed by atoms with van der Waals surface area (Å²) in [5.41, 5.74) is 1.59. The number of carbonyl (C=O) groups is 1. The number of carbonyl (C=O) groups excluding carboxylic acids is 1. The van der Waals surface area contributed by atoms with Crippen LogP contribution in [0, 0.1) is 5.82 Å². The first-order valence-electron chi connectivity index (χ1n) is 4.57. The summed E-state index contributed by atoms with van der Waals surface area (Å²) >= 11 is 5.77. The number of benzene rings is 1. The Bertz CT molecular complexity index is 418. The van der Waals surface area contributed by atoms with E-state index in [2.05, 4.69) is 5.43 Å². The third kappa shape index (κ3) is 1.60. The normalized spacial score (nSPS) is 17.3. The number of amides is 1. The van der Waals surface area contributed by atoms with Crippen molar-refractivity contribution in [1.29, 1.82) is 0 Å². The monoisotopic (exact) mass is 228 g/mol. The summed E-state index contributed by atoms with van der Waals surface area (Å²) in [5, 5.41) is 0.419. The van der Waals surface area contributed by atoms with Gasteiger partial charge >= 0.3 is 0 Å². The minimum absolute atomic E-state index is 0.331. The maximum Gasteiger partial charge on any atom is 0.244 e. The molecular formula is C10H10ClFN2O. The van der Waals surface area contributed by atoms with E-state index in [1.165, 1.54) is 18.2 Å². The third-order valence-electron chi connectivity index (χ3n) is 2.76. The van der Waals surface area contributed by atoms with E-state index >= 15 is 0 Å². The minimum Gasteiger partial charge on any atom is -0.293 e. The molecule has 1 amide bonds. The van der Waals surface area contributed by atoms with Gasteiger partial charge in [0.05, 0.1) is 5.41 Å². The number of rotatable bonds is 2. The lowest BCUT2D eigenvalue weighted by Gasteiger charge is -2.14. The molecule has 0 atom stereocenters. The van der Waals surface area contributed by atoms with Gasteiger partial charge in [0.25, 0.3) is 0 Å². The molecule has 0 aliphatic heterocycles. The van der Waals surface area contributed by atoms with Crippen LogP contribution in [-0.4, -0.2) is 5.91 Å². The number of hydrogen-bond acceptors (Lipinski definition) is 2. The van der Waals surface area contributed by atoms with Crippen molar-refractivity contribution in [2.75, 3.05) is 0 Å². The molecule has 3 nitrogen and oxygen atoms in total. The number of nitrogens with two attached hydrogens (primary N) is 1. The molecule has 1 aliphatic carbocycles. The number of nitrogens with one attached hydrogen (secondary N) is 1. The average Bonchev–Trinajstić information content (AvgIpc) is 3.01. The van der Waals surface area contributed by atoms with Crippen LogP contribution >= 0.6 is 11.6 Å². The summed E-state index contributed by atoms with van der Waals surface area (Å²) in [6, 6.07) is 4.21. The Kier molecular flexibility index (Phi) is 2.40. The summed E-state index contributed by atoms with van der Waals surface area (Å²) in [6.07, 6.45) is 1.21. The van der Waals surface area contributed by atoms with Gasteiger partial charge in [0.2, 0.25) is 5.91 Å². The van der Waals surface area contributed by atoms with Crippen molar-refractivity contribution in [3.05, 3.63) is 34.6 Å². The van der Waals surface area contributed by atoms with E-state index in [1.807, 2.05) is 0 Å². The van der Waals surface area contributed by atoms with E-state index in [0.717, 1.165) is 0 Å². The van der Waals surface area contributed by atoms with Crippen LogP contribution in [0.2, 0.25) is 5.02 Å². The second-order valence-electron chi connectivity index (χ2n) is 3.68. The van der Waals surface area contributed by atoms with Crippen LogP contribution in [-0.2, 0) is 10.2 Å². The van der Waals surface area contributed by atoms with Crippen LogP contribution in [0.15, 0.2) is 18.2 Å². The van der Waals surface area contributed by atoms with E-state index in [-0.39, 0.29) is 5.91 Å². The second-order valence-corrected chi connectivity index (χ2v) is 4.12. The van der Waals surface area contributed by atoms with Crippen LogP contribution in [0.25, 0.3) is 0 Å². The van der Waals surface area contributed by atoms with Gasteiger partial charge in [-0.3, -0.25) is 10.2 Å². The molecule has 1 aliphatic rings. The lowest BCUT2D eigenvalue weighted by molar-refractivity contribution is -0.123. The Labute approximate surface area is 91.4 Å². The van der Waals surface area contributed by atoms with Gasteiger partial charge in [-0.05, 0) is 31.0 Å². The smallest absolute Gasteiger partial charge is 0.244 e. The van der Waals surface area contributed by atoms with E-state index in [9.17, 15) is 9.18 Å². The highest BCUT2D eigenvalue weighted by atomic mass is 35.5. The zero-order valence-corrected chi connectivity index (χ0v) is 8.64. The largest absolute Gasteiger partial charge is 0.293 e. The van der Waals surface area contributed by atoms with Crippen molar-refractivity contribution in [3.8, 4) is 0 Å². The van der Waals surface area contributed by atoms with Crippen LogP contribution < -0.4 is 11.3 Å². The fraction of sp³-hybridized carbons (Fsp3) is 0.300. The molecule has 5 heteroatoms. The Hall–Kier alpha value is -1.13. The van der Waals surface area contributed by atoms with Gasteiger partial charge in [0, 0.05) is 10.6 Å². The molecule has 0 spiro atoms. The molecule has 80 valence electrons. The van der Waals surface area contributed by atoms with E-state index in [4.69, 9.17) is 17.4 Å². The van der Waals surface area contributed by atoms with Gasteiger partial charge in [-0.2, -0.15) is 0 Å². The molecule has 1 aromatic rings. The summed E-state index contributed by atoms with van der Waals surface area (Å²) in [5.74, 6) is 4.29. The number of halogens is 2. The molecule has 0 aromatic heterocycles. The van der Waals surface area contributed by atoms with E-state index < -0.39 is 11.2 Å². The van der Waals surface area contributed by atoms with Crippen molar-refractivity contribution < 1.29 is 9.18 Å².